The van der Waals surface area contributed by atoms with Crippen molar-refractivity contribution in [2.75, 3.05) is 13.2 Å². The zero-order valence-corrected chi connectivity index (χ0v) is 17.9. The molecule has 0 radical (unpaired) electrons. The van der Waals surface area contributed by atoms with Crippen molar-refractivity contribution in [3.8, 4) is 5.75 Å². The number of fused-ring (bicyclic) bond motifs is 1. The number of allylic oxidation sites excluding steroid dienone is 3. The molecule has 0 saturated carbocycles. The first-order valence-electron chi connectivity index (χ1n) is 10.2. The standard InChI is InChI=1S/C24H32O6/c1-17(7-11-22(26)24(3,28)16-25)5-4-6-18(2)13-14-29-20-10-8-19-9-12-23(27)30-21(19)15-20/h5,8-10,12-13,15,22,25-26,28H,4,6-7,11,14,16H2,1-3H3/t22-,24+/m1/s1. The second-order valence-electron chi connectivity index (χ2n) is 7.97. The normalized spacial score (nSPS) is 15.8. The van der Waals surface area contributed by atoms with Crippen LogP contribution in [0.1, 0.15) is 46.5 Å². The molecule has 0 unspecified atom stereocenters. The Morgan fingerprint density at radius 3 is 2.60 bits per heavy atom. The minimum absolute atomic E-state index is 0.382. The summed E-state index contributed by atoms with van der Waals surface area (Å²) in [6.07, 6.45) is 6.05. The van der Waals surface area contributed by atoms with E-state index in [-0.39, 0.29) is 5.63 Å². The highest BCUT2D eigenvalue weighted by Gasteiger charge is 2.28. The first-order valence-corrected chi connectivity index (χ1v) is 10.2. The summed E-state index contributed by atoms with van der Waals surface area (Å²) in [7, 11) is 0. The van der Waals surface area contributed by atoms with Crippen LogP contribution < -0.4 is 10.4 Å². The summed E-state index contributed by atoms with van der Waals surface area (Å²) in [5, 5.41) is 29.7. The maximum atomic E-state index is 11.3. The molecule has 164 valence electrons. The predicted molar refractivity (Wildman–Crippen MR) is 118 cm³/mol. The summed E-state index contributed by atoms with van der Waals surface area (Å²) >= 11 is 0. The predicted octanol–water partition coefficient (Wildman–Crippen LogP) is 3.73. The SMILES string of the molecule is CC(=CCOc1ccc2ccc(=O)oc2c1)CCC=C(C)CC[C@@H](O)[C@@](C)(O)CO. The summed E-state index contributed by atoms with van der Waals surface area (Å²) in [6, 6.07) is 8.54. The van der Waals surface area contributed by atoms with Gasteiger partial charge in [-0.2, -0.15) is 0 Å². The van der Waals surface area contributed by atoms with Crippen LogP contribution in [0.4, 0.5) is 0 Å². The molecule has 0 aliphatic carbocycles. The quantitative estimate of drug-likeness (QED) is 0.381. The lowest BCUT2D eigenvalue weighted by Crippen LogP contribution is -2.42. The third-order valence-corrected chi connectivity index (χ3v) is 5.16. The van der Waals surface area contributed by atoms with Gasteiger partial charge >= 0.3 is 5.63 Å². The first-order chi connectivity index (χ1) is 14.2. The summed E-state index contributed by atoms with van der Waals surface area (Å²) in [5.41, 5.74) is 1.01. The molecule has 2 rings (SSSR count). The Labute approximate surface area is 177 Å². The van der Waals surface area contributed by atoms with Gasteiger partial charge in [0.15, 0.2) is 0 Å². The van der Waals surface area contributed by atoms with Gasteiger partial charge in [0.05, 0.1) is 12.7 Å². The number of benzene rings is 1. The molecule has 0 bridgehead atoms. The van der Waals surface area contributed by atoms with Gasteiger partial charge in [-0.1, -0.05) is 17.2 Å². The fourth-order valence-electron chi connectivity index (χ4n) is 2.94. The molecule has 3 N–H and O–H groups in total. The molecule has 0 aliphatic rings. The van der Waals surface area contributed by atoms with Gasteiger partial charge in [0, 0.05) is 17.5 Å². The maximum Gasteiger partial charge on any atom is 0.336 e. The van der Waals surface area contributed by atoms with Crippen LogP contribution in [-0.4, -0.2) is 40.2 Å². The van der Waals surface area contributed by atoms with Crippen LogP contribution in [0.15, 0.2) is 62.8 Å². The molecule has 6 nitrogen and oxygen atoms in total. The van der Waals surface area contributed by atoms with E-state index in [9.17, 15) is 15.0 Å². The zero-order chi connectivity index (χ0) is 22.1. The van der Waals surface area contributed by atoms with Gasteiger partial charge < -0.3 is 24.5 Å². The molecule has 1 aromatic carbocycles. The van der Waals surface area contributed by atoms with Crippen molar-refractivity contribution in [3.05, 3.63) is 64.1 Å². The largest absolute Gasteiger partial charge is 0.489 e. The smallest absolute Gasteiger partial charge is 0.336 e. The first kappa shape index (κ1) is 23.9. The molecule has 0 spiro atoms. The molecule has 0 fully saturated rings. The Morgan fingerprint density at radius 1 is 1.17 bits per heavy atom. The highest BCUT2D eigenvalue weighted by Crippen LogP contribution is 2.20. The van der Waals surface area contributed by atoms with Crippen LogP contribution in [0, 0.1) is 0 Å². The van der Waals surface area contributed by atoms with Crippen molar-refractivity contribution in [2.24, 2.45) is 0 Å². The van der Waals surface area contributed by atoms with Crippen LogP contribution in [0.2, 0.25) is 0 Å². The number of hydrogen-bond donors (Lipinski definition) is 3. The van der Waals surface area contributed by atoms with Gasteiger partial charge in [0.1, 0.15) is 23.5 Å². The molecule has 30 heavy (non-hydrogen) atoms. The minimum Gasteiger partial charge on any atom is -0.489 e. The van der Waals surface area contributed by atoms with Gasteiger partial charge in [-0.3, -0.25) is 0 Å². The summed E-state index contributed by atoms with van der Waals surface area (Å²) in [6.45, 7) is 5.45. The van der Waals surface area contributed by atoms with E-state index in [1.54, 1.807) is 12.1 Å². The van der Waals surface area contributed by atoms with Crippen LogP contribution in [0.5, 0.6) is 5.75 Å². The molecule has 1 aromatic heterocycles. The van der Waals surface area contributed by atoms with Crippen molar-refractivity contribution in [3.63, 3.8) is 0 Å². The summed E-state index contributed by atoms with van der Waals surface area (Å²) in [4.78, 5) is 11.3. The van der Waals surface area contributed by atoms with E-state index >= 15 is 0 Å². The highest BCUT2D eigenvalue weighted by molar-refractivity contribution is 5.77. The van der Waals surface area contributed by atoms with Crippen LogP contribution in [0.3, 0.4) is 0 Å². The Balaban J connectivity index is 1.76. The molecule has 1 heterocycles. The number of aliphatic hydroxyl groups is 3. The Kier molecular flexibility index (Phi) is 8.84. The van der Waals surface area contributed by atoms with Crippen molar-refractivity contribution in [2.45, 2.75) is 58.2 Å². The van der Waals surface area contributed by atoms with Gasteiger partial charge in [0.2, 0.25) is 0 Å². The van der Waals surface area contributed by atoms with E-state index in [2.05, 4.69) is 6.08 Å². The van der Waals surface area contributed by atoms with Crippen molar-refractivity contribution in [1.29, 1.82) is 0 Å². The molecule has 6 heteroatoms. The van der Waals surface area contributed by atoms with E-state index in [0.29, 0.717) is 30.8 Å². The Bertz CT molecular complexity index is 938. The fourth-order valence-corrected chi connectivity index (χ4v) is 2.94. The number of rotatable bonds is 11. The maximum absolute atomic E-state index is 11.3. The van der Waals surface area contributed by atoms with Gasteiger partial charge in [-0.05, 0) is 70.7 Å². The average Bonchev–Trinajstić information content (AvgIpc) is 2.71. The Morgan fingerprint density at radius 2 is 1.87 bits per heavy atom. The molecular weight excluding hydrogens is 384 g/mol. The number of aliphatic hydroxyl groups excluding tert-OH is 2. The van der Waals surface area contributed by atoms with Crippen molar-refractivity contribution in [1.82, 2.24) is 0 Å². The second-order valence-corrected chi connectivity index (χ2v) is 7.97. The molecule has 2 atom stereocenters. The molecule has 2 aromatic rings. The summed E-state index contributed by atoms with van der Waals surface area (Å²) < 4.78 is 10.9. The lowest BCUT2D eigenvalue weighted by molar-refractivity contribution is -0.0942. The molecular formula is C24H32O6. The minimum atomic E-state index is -1.46. The molecule has 0 amide bonds. The monoisotopic (exact) mass is 416 g/mol. The van der Waals surface area contributed by atoms with Crippen LogP contribution >= 0.6 is 0 Å². The second kappa shape index (κ2) is 11.1. The van der Waals surface area contributed by atoms with E-state index in [4.69, 9.17) is 14.3 Å². The fraction of sp³-hybridized carbons (Fsp3) is 0.458. The van der Waals surface area contributed by atoms with Gasteiger partial charge in [0.25, 0.3) is 0 Å². The molecule has 0 aliphatic heterocycles. The zero-order valence-electron chi connectivity index (χ0n) is 17.9. The lowest BCUT2D eigenvalue weighted by Gasteiger charge is -2.26. The lowest BCUT2D eigenvalue weighted by atomic mass is 9.94. The topological polar surface area (TPSA) is 100 Å². The number of hydrogen-bond acceptors (Lipinski definition) is 6. The molecule has 0 saturated heterocycles. The van der Waals surface area contributed by atoms with E-state index in [0.717, 1.165) is 23.8 Å². The van der Waals surface area contributed by atoms with E-state index in [1.807, 2.05) is 32.1 Å². The van der Waals surface area contributed by atoms with Crippen LogP contribution in [0.25, 0.3) is 11.0 Å². The highest BCUT2D eigenvalue weighted by atomic mass is 16.5. The third-order valence-electron chi connectivity index (χ3n) is 5.16. The van der Waals surface area contributed by atoms with Gasteiger partial charge in [-0.25, -0.2) is 4.79 Å². The summed E-state index contributed by atoms with van der Waals surface area (Å²) in [5.74, 6) is 0.647. The Hall–Kier alpha value is -2.41. The third kappa shape index (κ3) is 7.44. The van der Waals surface area contributed by atoms with E-state index in [1.165, 1.54) is 18.6 Å². The van der Waals surface area contributed by atoms with E-state index < -0.39 is 18.3 Å². The number of ether oxygens (including phenoxy) is 1. The van der Waals surface area contributed by atoms with Crippen molar-refractivity contribution < 1.29 is 24.5 Å². The average molecular weight is 417 g/mol. The van der Waals surface area contributed by atoms with Crippen LogP contribution in [-0.2, 0) is 0 Å². The van der Waals surface area contributed by atoms with Gasteiger partial charge in [-0.15, -0.1) is 0 Å². The van der Waals surface area contributed by atoms with Crippen molar-refractivity contribution >= 4 is 11.0 Å².